The molecule has 0 aliphatic carbocycles. The zero-order valence-corrected chi connectivity index (χ0v) is 13.2. The summed E-state index contributed by atoms with van der Waals surface area (Å²) in [4.78, 5) is 3.25. The Morgan fingerprint density at radius 3 is 2.48 bits per heavy atom. The van der Waals surface area contributed by atoms with Crippen LogP contribution in [0.3, 0.4) is 0 Å². The average Bonchev–Trinajstić information content (AvgIpc) is 2.74. The Morgan fingerprint density at radius 1 is 1.10 bits per heavy atom. The van der Waals surface area contributed by atoms with Gasteiger partial charge in [0.1, 0.15) is 5.75 Å². The molecule has 0 saturated carbocycles. The van der Waals surface area contributed by atoms with Gasteiger partial charge >= 0.3 is 0 Å². The lowest BCUT2D eigenvalue weighted by atomic mass is 10.2. The summed E-state index contributed by atoms with van der Waals surface area (Å²) in [7, 11) is 0. The number of benzene rings is 2. The number of nitrogens with zero attached hydrogens (tertiary/aromatic N) is 1. The topological polar surface area (TPSA) is 29.9 Å². The van der Waals surface area contributed by atoms with Crippen LogP contribution in [-0.2, 0) is 0 Å². The van der Waals surface area contributed by atoms with Gasteiger partial charge in [-0.25, -0.2) is 0 Å². The number of hydrogen-bond donors (Lipinski definition) is 1. The molecule has 0 amide bonds. The van der Waals surface area contributed by atoms with Gasteiger partial charge in [-0.1, -0.05) is 6.07 Å². The Balaban J connectivity index is 2.09. The molecular weight excluding hydrogens is 280 g/mol. The molecule has 0 atom stereocenters. The number of hydrogen-bond acceptors (Lipinski definition) is 2. The number of nitrogens with one attached hydrogen (secondary N) is 1. The van der Waals surface area contributed by atoms with E-state index in [-0.39, 0.29) is 6.10 Å². The van der Waals surface area contributed by atoms with E-state index in [1.165, 1.54) is 5.56 Å². The van der Waals surface area contributed by atoms with Crippen molar-refractivity contribution in [3.05, 3.63) is 52.8 Å². The first kappa shape index (κ1) is 13.9. The van der Waals surface area contributed by atoms with Crippen molar-refractivity contribution in [2.24, 2.45) is 0 Å². The summed E-state index contributed by atoms with van der Waals surface area (Å²) >= 11 is 5.46. The molecule has 0 radical (unpaired) electrons. The number of aromatic amines is 1. The van der Waals surface area contributed by atoms with Crippen molar-refractivity contribution in [3.8, 4) is 11.4 Å². The van der Waals surface area contributed by atoms with Crippen LogP contribution in [0.4, 0.5) is 0 Å². The van der Waals surface area contributed by atoms with E-state index in [2.05, 4.69) is 34.7 Å². The predicted octanol–water partition coefficient (Wildman–Crippen LogP) is 4.78. The van der Waals surface area contributed by atoms with E-state index < -0.39 is 0 Å². The lowest BCUT2D eigenvalue weighted by Gasteiger charge is -2.11. The SMILES string of the molecule is Cc1ccc2[nH]c(=S)n(-c3ccc(OC(C)C)cc3)c2c1. The Bertz CT molecular complexity index is 828. The number of ether oxygens (including phenoxy) is 1. The summed E-state index contributed by atoms with van der Waals surface area (Å²) in [6, 6.07) is 14.3. The molecule has 4 heteroatoms. The molecule has 0 fully saturated rings. The van der Waals surface area contributed by atoms with Gasteiger partial charge in [0.15, 0.2) is 4.77 Å². The number of rotatable bonds is 3. The molecule has 0 aliphatic rings. The third-order valence-electron chi connectivity index (χ3n) is 3.31. The predicted molar refractivity (Wildman–Crippen MR) is 89.0 cm³/mol. The van der Waals surface area contributed by atoms with Gasteiger partial charge in [0.25, 0.3) is 0 Å². The summed E-state index contributed by atoms with van der Waals surface area (Å²) in [5, 5.41) is 0. The van der Waals surface area contributed by atoms with Crippen LogP contribution >= 0.6 is 12.2 Å². The number of H-pyrrole nitrogens is 1. The Hall–Kier alpha value is -2.07. The van der Waals surface area contributed by atoms with Crippen LogP contribution in [-0.4, -0.2) is 15.7 Å². The minimum absolute atomic E-state index is 0.175. The molecule has 2 aromatic carbocycles. The molecule has 0 aliphatic heterocycles. The first-order chi connectivity index (χ1) is 10.0. The number of aromatic nitrogens is 2. The molecule has 0 saturated heterocycles. The first-order valence-corrected chi connectivity index (χ1v) is 7.44. The molecule has 3 rings (SSSR count). The van der Waals surface area contributed by atoms with Crippen molar-refractivity contribution < 1.29 is 4.74 Å². The summed E-state index contributed by atoms with van der Waals surface area (Å²) in [6.45, 7) is 6.12. The van der Waals surface area contributed by atoms with Crippen LogP contribution in [0.2, 0.25) is 0 Å². The lowest BCUT2D eigenvalue weighted by molar-refractivity contribution is 0.242. The zero-order chi connectivity index (χ0) is 15.0. The number of fused-ring (bicyclic) bond motifs is 1. The second-order valence-corrected chi connectivity index (χ2v) is 5.83. The van der Waals surface area contributed by atoms with Gasteiger partial charge in [-0.3, -0.25) is 4.57 Å². The average molecular weight is 298 g/mol. The molecule has 3 aromatic rings. The minimum atomic E-state index is 0.175. The number of aryl methyl sites for hydroxylation is 1. The first-order valence-electron chi connectivity index (χ1n) is 7.03. The number of imidazole rings is 1. The normalized spacial score (nSPS) is 11.2. The molecule has 1 N–H and O–H groups in total. The van der Waals surface area contributed by atoms with Gasteiger partial charge in [-0.05, 0) is 75.0 Å². The minimum Gasteiger partial charge on any atom is -0.491 e. The fourth-order valence-electron chi connectivity index (χ4n) is 2.42. The van der Waals surface area contributed by atoms with E-state index in [4.69, 9.17) is 17.0 Å². The van der Waals surface area contributed by atoms with Gasteiger partial charge in [0.05, 0.1) is 17.1 Å². The van der Waals surface area contributed by atoms with E-state index in [1.807, 2.05) is 38.1 Å². The third-order valence-corrected chi connectivity index (χ3v) is 3.59. The molecule has 0 unspecified atom stereocenters. The zero-order valence-electron chi connectivity index (χ0n) is 12.4. The van der Waals surface area contributed by atoms with Crippen LogP contribution in [0.25, 0.3) is 16.7 Å². The summed E-state index contributed by atoms with van der Waals surface area (Å²) in [6.07, 6.45) is 0.175. The van der Waals surface area contributed by atoms with Crippen LogP contribution < -0.4 is 4.74 Å². The van der Waals surface area contributed by atoms with E-state index >= 15 is 0 Å². The van der Waals surface area contributed by atoms with Crippen molar-refractivity contribution in [3.63, 3.8) is 0 Å². The monoisotopic (exact) mass is 298 g/mol. The maximum Gasteiger partial charge on any atom is 0.182 e. The fraction of sp³-hybridized carbons (Fsp3) is 0.235. The van der Waals surface area contributed by atoms with Crippen LogP contribution in [0.5, 0.6) is 5.75 Å². The Morgan fingerprint density at radius 2 is 1.81 bits per heavy atom. The van der Waals surface area contributed by atoms with Crippen molar-refractivity contribution >= 4 is 23.3 Å². The van der Waals surface area contributed by atoms with Gasteiger partial charge in [0.2, 0.25) is 0 Å². The molecule has 0 spiro atoms. The van der Waals surface area contributed by atoms with E-state index in [1.54, 1.807) is 0 Å². The van der Waals surface area contributed by atoms with E-state index in [0.29, 0.717) is 4.77 Å². The maximum atomic E-state index is 5.68. The van der Waals surface area contributed by atoms with Crippen molar-refractivity contribution in [1.82, 2.24) is 9.55 Å². The molecular formula is C17H18N2OS. The van der Waals surface area contributed by atoms with Crippen LogP contribution in [0, 0.1) is 11.7 Å². The largest absolute Gasteiger partial charge is 0.491 e. The van der Waals surface area contributed by atoms with Gasteiger partial charge in [-0.2, -0.15) is 0 Å². The highest BCUT2D eigenvalue weighted by atomic mass is 32.1. The van der Waals surface area contributed by atoms with Gasteiger partial charge in [0, 0.05) is 5.69 Å². The van der Waals surface area contributed by atoms with Crippen LogP contribution in [0.1, 0.15) is 19.4 Å². The fourth-order valence-corrected chi connectivity index (χ4v) is 2.73. The molecule has 1 aromatic heterocycles. The summed E-state index contributed by atoms with van der Waals surface area (Å²) < 4.78 is 8.43. The molecule has 108 valence electrons. The van der Waals surface area contributed by atoms with Crippen molar-refractivity contribution in [2.75, 3.05) is 0 Å². The summed E-state index contributed by atoms with van der Waals surface area (Å²) in [5.41, 5.74) is 4.39. The molecule has 21 heavy (non-hydrogen) atoms. The quantitative estimate of drug-likeness (QED) is 0.705. The van der Waals surface area contributed by atoms with E-state index in [9.17, 15) is 0 Å². The van der Waals surface area contributed by atoms with Crippen molar-refractivity contribution in [2.45, 2.75) is 26.9 Å². The third kappa shape index (κ3) is 2.72. The second-order valence-electron chi connectivity index (χ2n) is 5.45. The van der Waals surface area contributed by atoms with E-state index in [0.717, 1.165) is 22.5 Å². The molecule has 1 heterocycles. The van der Waals surface area contributed by atoms with Gasteiger partial charge in [-0.15, -0.1) is 0 Å². The van der Waals surface area contributed by atoms with Crippen LogP contribution in [0.15, 0.2) is 42.5 Å². The second kappa shape index (κ2) is 5.37. The smallest absolute Gasteiger partial charge is 0.182 e. The molecule has 3 nitrogen and oxygen atoms in total. The standard InChI is InChI=1S/C17H18N2OS/c1-11(2)20-14-7-5-13(6-8-14)19-16-10-12(3)4-9-15(16)18-17(19)21/h4-11H,1-3H3,(H,18,21). The Labute approximate surface area is 129 Å². The summed E-state index contributed by atoms with van der Waals surface area (Å²) in [5.74, 6) is 0.872. The van der Waals surface area contributed by atoms with Gasteiger partial charge < -0.3 is 9.72 Å². The molecule has 0 bridgehead atoms. The lowest BCUT2D eigenvalue weighted by Crippen LogP contribution is -2.05. The highest BCUT2D eigenvalue weighted by Crippen LogP contribution is 2.23. The Kier molecular flexibility index (Phi) is 3.55. The highest BCUT2D eigenvalue weighted by molar-refractivity contribution is 7.71. The van der Waals surface area contributed by atoms with Crippen molar-refractivity contribution in [1.29, 1.82) is 0 Å². The highest BCUT2D eigenvalue weighted by Gasteiger charge is 2.07. The maximum absolute atomic E-state index is 5.68.